The first-order valence-electron chi connectivity index (χ1n) is 12.1. The lowest BCUT2D eigenvalue weighted by Crippen LogP contribution is -2.51. The summed E-state index contributed by atoms with van der Waals surface area (Å²) < 4.78 is 15.0. The SMILES string of the molecule is CC(C)(C)C1CC(c2cc(=O)[nH]c3c4c(NC(=O)c5ccc(F)cc5)cccc4nn23)CCN1C(=O)O. The maximum absolute atomic E-state index is 13.3. The molecule has 1 aliphatic rings. The molecule has 2 aromatic carbocycles. The van der Waals surface area contributed by atoms with Crippen LogP contribution in [-0.4, -0.2) is 49.2 Å². The zero-order valence-electron chi connectivity index (χ0n) is 20.8. The number of nitrogens with one attached hydrogen (secondary N) is 2. The van der Waals surface area contributed by atoms with Gasteiger partial charge in [-0.05, 0) is 54.7 Å². The molecule has 0 aliphatic carbocycles. The van der Waals surface area contributed by atoms with Gasteiger partial charge in [0.1, 0.15) is 11.5 Å². The first-order valence-corrected chi connectivity index (χ1v) is 12.1. The molecule has 5 rings (SSSR count). The van der Waals surface area contributed by atoms with Crippen LogP contribution < -0.4 is 10.9 Å². The molecular formula is C27H28FN5O4. The number of hydrogen-bond acceptors (Lipinski definition) is 4. The zero-order valence-corrected chi connectivity index (χ0v) is 20.8. The van der Waals surface area contributed by atoms with Crippen LogP contribution in [0.2, 0.25) is 0 Å². The van der Waals surface area contributed by atoms with Crippen molar-refractivity contribution in [3.63, 3.8) is 0 Å². The maximum atomic E-state index is 13.3. The molecule has 1 fully saturated rings. The average Bonchev–Trinajstić information content (AvgIpc) is 3.22. The van der Waals surface area contributed by atoms with Gasteiger partial charge in [-0.1, -0.05) is 26.8 Å². The number of anilines is 1. The molecule has 0 radical (unpaired) electrons. The first kappa shape index (κ1) is 24.5. The quantitative estimate of drug-likeness (QED) is 0.368. The van der Waals surface area contributed by atoms with E-state index in [4.69, 9.17) is 5.10 Å². The molecule has 0 spiro atoms. The first-order chi connectivity index (χ1) is 17.5. The van der Waals surface area contributed by atoms with Crippen LogP contribution in [0.4, 0.5) is 14.9 Å². The highest BCUT2D eigenvalue weighted by molar-refractivity contribution is 6.11. The molecule has 0 saturated carbocycles. The van der Waals surface area contributed by atoms with E-state index in [0.29, 0.717) is 52.9 Å². The Balaban J connectivity index is 1.58. The summed E-state index contributed by atoms with van der Waals surface area (Å²) >= 11 is 0. The number of carbonyl (C=O) groups is 2. The molecule has 2 aromatic heterocycles. The van der Waals surface area contributed by atoms with E-state index in [9.17, 15) is 23.9 Å². The molecule has 192 valence electrons. The van der Waals surface area contributed by atoms with Crippen LogP contribution in [0.3, 0.4) is 0 Å². The van der Waals surface area contributed by atoms with E-state index in [2.05, 4.69) is 10.3 Å². The second-order valence-electron chi connectivity index (χ2n) is 10.6. The minimum Gasteiger partial charge on any atom is -0.465 e. The van der Waals surface area contributed by atoms with Crippen LogP contribution in [0.5, 0.6) is 0 Å². The van der Waals surface area contributed by atoms with Crippen molar-refractivity contribution < 1.29 is 19.1 Å². The van der Waals surface area contributed by atoms with Gasteiger partial charge in [-0.3, -0.25) is 9.59 Å². The maximum Gasteiger partial charge on any atom is 0.407 e. The van der Waals surface area contributed by atoms with Gasteiger partial charge in [0, 0.05) is 30.1 Å². The van der Waals surface area contributed by atoms with Crippen molar-refractivity contribution in [1.29, 1.82) is 0 Å². The van der Waals surface area contributed by atoms with Gasteiger partial charge in [0.2, 0.25) is 0 Å². The number of piperidine rings is 1. The number of rotatable bonds is 3. The number of carboxylic acid groups (broad SMARTS) is 1. The summed E-state index contributed by atoms with van der Waals surface area (Å²) in [5, 5.41) is 17.9. The lowest BCUT2D eigenvalue weighted by molar-refractivity contribution is 0.0518. The Kier molecular flexibility index (Phi) is 5.97. The summed E-state index contributed by atoms with van der Waals surface area (Å²) in [5.41, 5.74) is 1.88. The van der Waals surface area contributed by atoms with Crippen molar-refractivity contribution in [2.45, 2.75) is 45.6 Å². The normalized spacial score (nSPS) is 18.3. The fourth-order valence-corrected chi connectivity index (χ4v) is 5.26. The lowest BCUT2D eigenvalue weighted by Gasteiger charge is -2.44. The third-order valence-electron chi connectivity index (χ3n) is 7.08. The fraction of sp³-hybridized carbons (Fsp3) is 0.333. The minimum atomic E-state index is -0.944. The highest BCUT2D eigenvalue weighted by Crippen LogP contribution is 2.39. The molecule has 10 heteroatoms. The summed E-state index contributed by atoms with van der Waals surface area (Å²) in [4.78, 5) is 41.9. The van der Waals surface area contributed by atoms with E-state index < -0.39 is 17.8 Å². The molecule has 37 heavy (non-hydrogen) atoms. The van der Waals surface area contributed by atoms with Crippen molar-refractivity contribution in [3.8, 4) is 0 Å². The summed E-state index contributed by atoms with van der Waals surface area (Å²) in [5.74, 6) is -0.940. The van der Waals surface area contributed by atoms with E-state index in [1.54, 1.807) is 22.7 Å². The Hall–Kier alpha value is -4.21. The molecule has 1 aliphatic heterocycles. The van der Waals surface area contributed by atoms with Crippen LogP contribution in [0.15, 0.2) is 53.3 Å². The molecule has 3 heterocycles. The van der Waals surface area contributed by atoms with Crippen LogP contribution in [-0.2, 0) is 0 Å². The van der Waals surface area contributed by atoms with Crippen molar-refractivity contribution in [1.82, 2.24) is 19.5 Å². The molecule has 2 unspecified atom stereocenters. The summed E-state index contributed by atoms with van der Waals surface area (Å²) in [6.07, 6.45) is 0.168. The largest absolute Gasteiger partial charge is 0.465 e. The van der Waals surface area contributed by atoms with E-state index in [0.717, 1.165) is 0 Å². The highest BCUT2D eigenvalue weighted by atomic mass is 19.1. The van der Waals surface area contributed by atoms with Crippen molar-refractivity contribution in [2.75, 3.05) is 11.9 Å². The van der Waals surface area contributed by atoms with Gasteiger partial charge in [0.05, 0.1) is 22.3 Å². The van der Waals surface area contributed by atoms with Gasteiger partial charge >= 0.3 is 6.09 Å². The number of likely N-dealkylation sites (tertiary alicyclic amines) is 1. The number of hydrogen-bond donors (Lipinski definition) is 3. The van der Waals surface area contributed by atoms with Gasteiger partial charge in [0.15, 0.2) is 0 Å². The molecule has 2 amide bonds. The van der Waals surface area contributed by atoms with Gasteiger partial charge in [-0.25, -0.2) is 13.7 Å². The summed E-state index contributed by atoms with van der Waals surface area (Å²) in [7, 11) is 0. The third kappa shape index (κ3) is 4.54. The van der Waals surface area contributed by atoms with E-state index >= 15 is 0 Å². The standard InChI is InChI=1S/C27H28FN5O4/c1-27(2,3)21-13-16(11-12-32(21)26(36)37)20-14-22(34)30-24-23-18(5-4-6-19(23)31-33(20)24)29-25(35)15-7-9-17(28)10-8-15/h4-10,14,16,21H,11-13H2,1-3H3,(H,29,35)(H,30,34)(H,36,37). The van der Waals surface area contributed by atoms with Gasteiger partial charge in [-0.15, -0.1) is 0 Å². The molecule has 9 nitrogen and oxygen atoms in total. The highest BCUT2D eigenvalue weighted by Gasteiger charge is 2.40. The van der Waals surface area contributed by atoms with E-state index in [1.165, 1.54) is 35.2 Å². The average molecular weight is 506 g/mol. The number of H-pyrrole nitrogens is 1. The molecule has 1 saturated heterocycles. The van der Waals surface area contributed by atoms with Crippen LogP contribution in [0.25, 0.3) is 16.6 Å². The number of carbonyl (C=O) groups excluding carboxylic acids is 1. The Morgan fingerprint density at radius 3 is 2.57 bits per heavy atom. The number of fused-ring (bicyclic) bond motifs is 3. The number of aromatic amines is 1. The van der Waals surface area contributed by atoms with Crippen molar-refractivity contribution >= 4 is 34.2 Å². The predicted octanol–water partition coefficient (Wildman–Crippen LogP) is 4.84. The number of nitrogens with zero attached hydrogens (tertiary/aromatic N) is 3. The summed E-state index contributed by atoms with van der Waals surface area (Å²) in [6.45, 7) is 6.40. The molecule has 2 atom stereocenters. The Morgan fingerprint density at radius 1 is 1.16 bits per heavy atom. The van der Waals surface area contributed by atoms with Crippen LogP contribution in [0, 0.1) is 11.2 Å². The molecule has 3 N–H and O–H groups in total. The molecule has 0 bridgehead atoms. The molecular weight excluding hydrogens is 477 g/mol. The van der Waals surface area contributed by atoms with E-state index in [1.807, 2.05) is 20.8 Å². The number of halogens is 1. The van der Waals surface area contributed by atoms with Crippen molar-refractivity contribution in [2.24, 2.45) is 5.41 Å². The van der Waals surface area contributed by atoms with Gasteiger partial charge in [0.25, 0.3) is 11.5 Å². The monoisotopic (exact) mass is 505 g/mol. The van der Waals surface area contributed by atoms with Gasteiger partial charge < -0.3 is 20.3 Å². The summed E-state index contributed by atoms with van der Waals surface area (Å²) in [6, 6.07) is 11.8. The smallest absolute Gasteiger partial charge is 0.407 e. The minimum absolute atomic E-state index is 0.0869. The topological polar surface area (TPSA) is 120 Å². The number of aromatic nitrogens is 3. The Labute approximate surface area is 211 Å². The fourth-order valence-electron chi connectivity index (χ4n) is 5.26. The van der Waals surface area contributed by atoms with Crippen LogP contribution >= 0.6 is 0 Å². The van der Waals surface area contributed by atoms with Crippen molar-refractivity contribution in [3.05, 3.63) is 76.0 Å². The van der Waals surface area contributed by atoms with E-state index in [-0.39, 0.29) is 22.9 Å². The number of amides is 2. The van der Waals surface area contributed by atoms with Gasteiger partial charge in [-0.2, -0.15) is 5.10 Å². The second-order valence-corrected chi connectivity index (χ2v) is 10.6. The predicted molar refractivity (Wildman–Crippen MR) is 138 cm³/mol. The number of benzene rings is 2. The second kappa shape index (κ2) is 9.02. The zero-order chi connectivity index (χ0) is 26.5. The van der Waals surface area contributed by atoms with Crippen LogP contribution in [0.1, 0.15) is 55.6 Å². The Morgan fingerprint density at radius 2 is 1.89 bits per heavy atom. The Bertz CT molecular complexity index is 1570. The lowest BCUT2D eigenvalue weighted by atomic mass is 9.76. The molecule has 4 aromatic rings. The third-order valence-corrected chi connectivity index (χ3v) is 7.08.